The van der Waals surface area contributed by atoms with Gasteiger partial charge in [-0.1, -0.05) is 18.6 Å². The average Bonchev–Trinajstić information content (AvgIpc) is 3.37. The lowest BCUT2D eigenvalue weighted by Crippen LogP contribution is -2.40. The van der Waals surface area contributed by atoms with E-state index in [1.807, 2.05) is 24.3 Å². The number of rotatable bonds is 6. The van der Waals surface area contributed by atoms with Gasteiger partial charge in [-0.15, -0.1) is 0 Å². The molecule has 0 bridgehead atoms. The summed E-state index contributed by atoms with van der Waals surface area (Å²) in [6, 6.07) is 8.80. The Kier molecular flexibility index (Phi) is 5.49. The van der Waals surface area contributed by atoms with E-state index in [4.69, 9.17) is 0 Å². The van der Waals surface area contributed by atoms with E-state index in [0.717, 1.165) is 50.0 Å². The molecule has 0 aromatic heterocycles. The number of hydrogen-bond acceptors (Lipinski definition) is 3. The van der Waals surface area contributed by atoms with E-state index in [-0.39, 0.29) is 11.8 Å². The molecule has 5 heteroatoms. The summed E-state index contributed by atoms with van der Waals surface area (Å²) in [5.41, 5.74) is 1.20. The van der Waals surface area contributed by atoms with E-state index in [2.05, 4.69) is 10.6 Å². The van der Waals surface area contributed by atoms with Crippen molar-refractivity contribution in [2.45, 2.75) is 62.0 Å². The van der Waals surface area contributed by atoms with Crippen LogP contribution < -0.4 is 10.6 Å². The number of nitrogens with one attached hydrogen (secondary N) is 2. The van der Waals surface area contributed by atoms with Crippen molar-refractivity contribution in [2.24, 2.45) is 5.92 Å². The highest BCUT2D eigenvalue weighted by Crippen LogP contribution is 2.27. The molecule has 1 amide bonds. The SMILES string of the molecule is C[S@](=O)c1ccc(CN[C@H]2CCC[C@@H](C(=O)NC3CC3)C2)cc1. The van der Waals surface area contributed by atoms with Crippen molar-refractivity contribution in [3.63, 3.8) is 0 Å². The first-order chi connectivity index (χ1) is 11.1. The summed E-state index contributed by atoms with van der Waals surface area (Å²) in [5.74, 6) is 0.431. The van der Waals surface area contributed by atoms with Crippen LogP contribution in [0.4, 0.5) is 0 Å². The van der Waals surface area contributed by atoms with E-state index in [1.165, 1.54) is 5.56 Å². The summed E-state index contributed by atoms with van der Waals surface area (Å²) in [7, 11) is -0.920. The van der Waals surface area contributed by atoms with Gasteiger partial charge in [0.25, 0.3) is 0 Å². The maximum atomic E-state index is 12.2. The summed E-state index contributed by atoms with van der Waals surface area (Å²) in [4.78, 5) is 13.1. The first kappa shape index (κ1) is 16.7. The molecule has 2 fully saturated rings. The van der Waals surface area contributed by atoms with Crippen molar-refractivity contribution >= 4 is 16.7 Å². The Labute approximate surface area is 140 Å². The summed E-state index contributed by atoms with van der Waals surface area (Å²) >= 11 is 0. The second kappa shape index (κ2) is 7.58. The summed E-state index contributed by atoms with van der Waals surface area (Å²) in [5, 5.41) is 6.72. The van der Waals surface area contributed by atoms with Crippen LogP contribution in [0.25, 0.3) is 0 Å². The van der Waals surface area contributed by atoms with Gasteiger partial charge in [-0.05, 0) is 49.8 Å². The van der Waals surface area contributed by atoms with Gasteiger partial charge in [-0.3, -0.25) is 9.00 Å². The molecule has 0 unspecified atom stereocenters. The molecular weight excluding hydrogens is 308 g/mol. The van der Waals surface area contributed by atoms with Gasteiger partial charge in [0.05, 0.1) is 0 Å². The molecule has 0 saturated heterocycles. The maximum absolute atomic E-state index is 12.2. The van der Waals surface area contributed by atoms with E-state index >= 15 is 0 Å². The van der Waals surface area contributed by atoms with Crippen LogP contribution in [0.2, 0.25) is 0 Å². The predicted octanol–water partition coefficient (Wildman–Crippen LogP) is 2.35. The van der Waals surface area contributed by atoms with Gasteiger partial charge in [-0.2, -0.15) is 0 Å². The second-order valence-electron chi connectivity index (χ2n) is 6.82. The largest absolute Gasteiger partial charge is 0.353 e. The smallest absolute Gasteiger partial charge is 0.223 e. The fraction of sp³-hybridized carbons (Fsp3) is 0.611. The van der Waals surface area contributed by atoms with Gasteiger partial charge in [0.2, 0.25) is 5.91 Å². The first-order valence-electron chi connectivity index (χ1n) is 8.58. The van der Waals surface area contributed by atoms with Gasteiger partial charge < -0.3 is 10.6 Å². The Balaban J connectivity index is 1.47. The fourth-order valence-corrected chi connectivity index (χ4v) is 3.74. The first-order valence-corrected chi connectivity index (χ1v) is 10.1. The van der Waals surface area contributed by atoms with Crippen LogP contribution in [0.3, 0.4) is 0 Å². The fourth-order valence-electron chi connectivity index (χ4n) is 3.22. The lowest BCUT2D eigenvalue weighted by molar-refractivity contribution is -0.126. The molecule has 0 aliphatic heterocycles. The average molecular weight is 334 g/mol. The molecule has 0 spiro atoms. The molecule has 4 nitrogen and oxygen atoms in total. The molecule has 3 atom stereocenters. The Morgan fingerprint density at radius 3 is 2.52 bits per heavy atom. The van der Waals surface area contributed by atoms with E-state index in [0.29, 0.717) is 12.1 Å². The minimum atomic E-state index is -0.920. The number of benzene rings is 1. The van der Waals surface area contributed by atoms with Crippen LogP contribution in [-0.4, -0.2) is 28.5 Å². The number of hydrogen-bond donors (Lipinski definition) is 2. The lowest BCUT2D eigenvalue weighted by atomic mass is 9.85. The van der Waals surface area contributed by atoms with Crippen molar-refractivity contribution in [1.82, 2.24) is 10.6 Å². The molecule has 0 radical (unpaired) electrons. The van der Waals surface area contributed by atoms with Crippen molar-refractivity contribution in [1.29, 1.82) is 0 Å². The van der Waals surface area contributed by atoms with Crippen molar-refractivity contribution in [2.75, 3.05) is 6.26 Å². The topological polar surface area (TPSA) is 58.2 Å². The summed E-state index contributed by atoms with van der Waals surface area (Å²) in [6.07, 6.45) is 8.22. The van der Waals surface area contributed by atoms with Crippen molar-refractivity contribution < 1.29 is 9.00 Å². The molecule has 2 aliphatic rings. The zero-order valence-corrected chi connectivity index (χ0v) is 14.5. The Bertz CT molecular complexity index is 569. The van der Waals surface area contributed by atoms with Crippen LogP contribution in [-0.2, 0) is 22.1 Å². The molecule has 23 heavy (non-hydrogen) atoms. The second-order valence-corrected chi connectivity index (χ2v) is 8.20. The van der Waals surface area contributed by atoms with E-state index in [9.17, 15) is 9.00 Å². The zero-order chi connectivity index (χ0) is 16.2. The number of carbonyl (C=O) groups excluding carboxylic acids is 1. The van der Waals surface area contributed by atoms with Gasteiger partial charge >= 0.3 is 0 Å². The van der Waals surface area contributed by atoms with Gasteiger partial charge in [0.1, 0.15) is 0 Å². The van der Waals surface area contributed by atoms with Crippen LogP contribution >= 0.6 is 0 Å². The predicted molar refractivity (Wildman–Crippen MR) is 92.5 cm³/mol. The molecule has 0 heterocycles. The number of amides is 1. The standard InChI is InChI=1S/C18H26N2O2S/c1-23(22)17-9-5-13(6-10-17)12-19-16-4-2-3-14(11-16)18(21)20-15-7-8-15/h5-6,9-10,14-16,19H,2-4,7-8,11-12H2,1H3,(H,20,21)/t14-,16+,23+/m1/s1. The Morgan fingerprint density at radius 2 is 1.87 bits per heavy atom. The van der Waals surface area contributed by atoms with Gasteiger partial charge in [0, 0.05) is 46.5 Å². The Morgan fingerprint density at radius 1 is 1.13 bits per heavy atom. The molecular formula is C18H26N2O2S. The highest BCUT2D eigenvalue weighted by atomic mass is 32.2. The summed E-state index contributed by atoms with van der Waals surface area (Å²) in [6.45, 7) is 0.804. The van der Waals surface area contributed by atoms with Crippen molar-refractivity contribution in [3.8, 4) is 0 Å². The minimum Gasteiger partial charge on any atom is -0.353 e. The normalized spacial score (nSPS) is 25.8. The maximum Gasteiger partial charge on any atom is 0.223 e. The highest BCUT2D eigenvalue weighted by molar-refractivity contribution is 7.84. The molecule has 1 aromatic carbocycles. The minimum absolute atomic E-state index is 0.173. The molecule has 1 aromatic rings. The van der Waals surface area contributed by atoms with Crippen LogP contribution in [0.5, 0.6) is 0 Å². The van der Waals surface area contributed by atoms with E-state index < -0.39 is 10.8 Å². The Hall–Kier alpha value is -1.20. The summed E-state index contributed by atoms with van der Waals surface area (Å²) < 4.78 is 11.4. The number of carbonyl (C=O) groups is 1. The zero-order valence-electron chi connectivity index (χ0n) is 13.7. The van der Waals surface area contributed by atoms with Crippen LogP contribution in [0.1, 0.15) is 44.1 Å². The molecule has 3 rings (SSSR count). The van der Waals surface area contributed by atoms with Gasteiger partial charge in [-0.25, -0.2) is 0 Å². The molecule has 2 saturated carbocycles. The quantitative estimate of drug-likeness (QED) is 0.839. The molecule has 2 aliphatic carbocycles. The monoisotopic (exact) mass is 334 g/mol. The molecule has 2 N–H and O–H groups in total. The van der Waals surface area contributed by atoms with Crippen LogP contribution in [0, 0.1) is 5.92 Å². The lowest BCUT2D eigenvalue weighted by Gasteiger charge is -2.29. The molecule has 126 valence electrons. The highest BCUT2D eigenvalue weighted by Gasteiger charge is 2.30. The van der Waals surface area contributed by atoms with Gasteiger partial charge in [0.15, 0.2) is 0 Å². The third kappa shape index (κ3) is 4.88. The third-order valence-corrected chi connectivity index (χ3v) is 5.75. The van der Waals surface area contributed by atoms with E-state index in [1.54, 1.807) is 6.26 Å². The third-order valence-electron chi connectivity index (χ3n) is 4.82. The van der Waals surface area contributed by atoms with Crippen molar-refractivity contribution in [3.05, 3.63) is 29.8 Å². The van der Waals surface area contributed by atoms with Crippen LogP contribution in [0.15, 0.2) is 29.2 Å².